The number of hydrogen-bond donors (Lipinski definition) is 0. The molecule has 0 fully saturated rings. The first-order chi connectivity index (χ1) is 15.1. The van der Waals surface area contributed by atoms with E-state index in [0.29, 0.717) is 22.3 Å². The number of nitrogens with zero attached hydrogens (tertiary/aromatic N) is 4. The fourth-order valence-electron chi connectivity index (χ4n) is 3.21. The first-order valence-corrected chi connectivity index (χ1v) is 11.9. The van der Waals surface area contributed by atoms with Gasteiger partial charge in [0.2, 0.25) is 0 Å². The average Bonchev–Trinajstić information content (AvgIpc) is 3.43. The molecule has 0 saturated heterocycles. The number of benzene rings is 2. The number of hydrogen-bond acceptors (Lipinski definition) is 7. The van der Waals surface area contributed by atoms with Gasteiger partial charge < -0.3 is 14.0 Å². The number of rotatable bonds is 8. The number of halogens is 1. The summed E-state index contributed by atoms with van der Waals surface area (Å²) in [6, 6.07) is 13.5. The van der Waals surface area contributed by atoms with E-state index in [2.05, 4.69) is 27.1 Å². The van der Waals surface area contributed by atoms with Gasteiger partial charge in [-0.25, -0.2) is 4.98 Å². The SMILES string of the molecule is CCn1c(SCc2csc(-c3cccc(OC)c3OC)n2)nnc1-c1cccc(Cl)c1. The van der Waals surface area contributed by atoms with E-state index in [9.17, 15) is 0 Å². The van der Waals surface area contributed by atoms with Crippen LogP contribution in [0.25, 0.3) is 22.0 Å². The van der Waals surface area contributed by atoms with Crippen LogP contribution in [0.15, 0.2) is 53.0 Å². The van der Waals surface area contributed by atoms with E-state index in [4.69, 9.17) is 26.1 Å². The number of thiazole rings is 1. The molecule has 4 aromatic rings. The molecule has 0 atom stereocenters. The Morgan fingerprint density at radius 2 is 1.94 bits per heavy atom. The Hall–Kier alpha value is -2.55. The lowest BCUT2D eigenvalue weighted by molar-refractivity contribution is 0.356. The predicted octanol–water partition coefficient (Wildman–Crippen LogP) is 6.05. The van der Waals surface area contributed by atoms with Crippen LogP contribution in [0.2, 0.25) is 5.02 Å². The first kappa shape index (κ1) is 21.7. The van der Waals surface area contributed by atoms with Gasteiger partial charge in [0.05, 0.1) is 25.5 Å². The van der Waals surface area contributed by atoms with Gasteiger partial charge in [0.15, 0.2) is 22.5 Å². The maximum Gasteiger partial charge on any atom is 0.191 e. The van der Waals surface area contributed by atoms with Gasteiger partial charge in [0.25, 0.3) is 0 Å². The Morgan fingerprint density at radius 1 is 1.10 bits per heavy atom. The van der Waals surface area contributed by atoms with Crippen molar-refractivity contribution in [2.24, 2.45) is 0 Å². The molecular formula is C22H21ClN4O2S2. The minimum Gasteiger partial charge on any atom is -0.493 e. The van der Waals surface area contributed by atoms with Crippen molar-refractivity contribution in [1.29, 1.82) is 0 Å². The van der Waals surface area contributed by atoms with Crippen LogP contribution >= 0.6 is 34.7 Å². The van der Waals surface area contributed by atoms with Gasteiger partial charge in [0, 0.05) is 28.3 Å². The van der Waals surface area contributed by atoms with Gasteiger partial charge in [-0.2, -0.15) is 0 Å². The summed E-state index contributed by atoms with van der Waals surface area (Å²) < 4.78 is 13.0. The summed E-state index contributed by atoms with van der Waals surface area (Å²) in [5, 5.41) is 13.3. The summed E-state index contributed by atoms with van der Waals surface area (Å²) in [5.74, 6) is 2.88. The van der Waals surface area contributed by atoms with Crippen molar-refractivity contribution in [3.8, 4) is 33.5 Å². The smallest absolute Gasteiger partial charge is 0.191 e. The lowest BCUT2D eigenvalue weighted by Gasteiger charge is -2.10. The highest BCUT2D eigenvalue weighted by Crippen LogP contribution is 2.39. The van der Waals surface area contributed by atoms with Crippen LogP contribution in [0.3, 0.4) is 0 Å². The molecule has 0 aliphatic heterocycles. The molecule has 0 N–H and O–H groups in total. The molecule has 2 heterocycles. The Labute approximate surface area is 194 Å². The van der Waals surface area contributed by atoms with Gasteiger partial charge in [-0.05, 0) is 31.2 Å². The van der Waals surface area contributed by atoms with E-state index in [1.54, 1.807) is 37.3 Å². The highest BCUT2D eigenvalue weighted by atomic mass is 35.5. The summed E-state index contributed by atoms with van der Waals surface area (Å²) in [5.41, 5.74) is 2.85. The van der Waals surface area contributed by atoms with Crippen LogP contribution in [0.5, 0.6) is 11.5 Å². The molecule has 31 heavy (non-hydrogen) atoms. The van der Waals surface area contributed by atoms with Crippen LogP contribution in [0.4, 0.5) is 0 Å². The Balaban J connectivity index is 1.54. The zero-order valence-electron chi connectivity index (χ0n) is 17.3. The largest absolute Gasteiger partial charge is 0.493 e. The third-order valence-electron chi connectivity index (χ3n) is 4.65. The van der Waals surface area contributed by atoms with Crippen molar-refractivity contribution in [3.05, 3.63) is 58.6 Å². The number of methoxy groups -OCH3 is 2. The summed E-state index contributed by atoms with van der Waals surface area (Å²) in [6.45, 7) is 2.85. The molecule has 160 valence electrons. The first-order valence-electron chi connectivity index (χ1n) is 9.62. The molecular weight excluding hydrogens is 452 g/mol. The standard InChI is InChI=1S/C22H21ClN4O2S2/c1-4-27-20(14-7-5-8-15(23)11-14)25-26-22(27)31-13-16-12-30-21(24-16)17-9-6-10-18(28-2)19(17)29-3/h5-12H,4,13H2,1-3H3. The second-order valence-corrected chi connectivity index (χ2v) is 8.77. The topological polar surface area (TPSA) is 62.1 Å². The Morgan fingerprint density at radius 3 is 2.68 bits per heavy atom. The molecule has 2 aromatic carbocycles. The second-order valence-electron chi connectivity index (χ2n) is 6.53. The molecule has 0 bridgehead atoms. The van der Waals surface area contributed by atoms with Crippen molar-refractivity contribution in [1.82, 2.24) is 19.7 Å². The number of aromatic nitrogens is 4. The molecule has 0 aliphatic carbocycles. The minimum absolute atomic E-state index is 0.681. The predicted molar refractivity (Wildman–Crippen MR) is 126 cm³/mol. The molecule has 0 saturated carbocycles. The fraction of sp³-hybridized carbons (Fsp3) is 0.227. The zero-order valence-corrected chi connectivity index (χ0v) is 19.7. The lowest BCUT2D eigenvalue weighted by atomic mass is 10.2. The quantitative estimate of drug-likeness (QED) is 0.291. The maximum atomic E-state index is 6.15. The average molecular weight is 473 g/mol. The highest BCUT2D eigenvalue weighted by molar-refractivity contribution is 7.98. The summed E-state index contributed by atoms with van der Waals surface area (Å²) in [7, 11) is 3.27. The van der Waals surface area contributed by atoms with Crippen LogP contribution in [-0.2, 0) is 12.3 Å². The number of para-hydroxylation sites is 1. The molecule has 6 nitrogen and oxygen atoms in total. The molecule has 0 unspecified atom stereocenters. The van der Waals surface area contributed by atoms with Crippen molar-refractivity contribution < 1.29 is 9.47 Å². The van der Waals surface area contributed by atoms with Gasteiger partial charge in [0.1, 0.15) is 5.01 Å². The van der Waals surface area contributed by atoms with Crippen LogP contribution in [0, 0.1) is 0 Å². The van der Waals surface area contributed by atoms with Crippen molar-refractivity contribution in [3.63, 3.8) is 0 Å². The summed E-state index contributed by atoms with van der Waals surface area (Å²) in [6.07, 6.45) is 0. The molecule has 0 aliphatic rings. The van der Waals surface area contributed by atoms with Crippen molar-refractivity contribution >= 4 is 34.7 Å². The normalized spacial score (nSPS) is 11.0. The fourth-order valence-corrected chi connectivity index (χ4v) is 5.24. The molecule has 4 rings (SSSR count). The highest BCUT2D eigenvalue weighted by Gasteiger charge is 2.17. The Kier molecular flexibility index (Phi) is 6.80. The third-order valence-corrected chi connectivity index (χ3v) is 6.81. The van der Waals surface area contributed by atoms with E-state index < -0.39 is 0 Å². The van der Waals surface area contributed by atoms with Gasteiger partial charge in [-0.1, -0.05) is 41.6 Å². The maximum absolute atomic E-state index is 6.15. The third kappa shape index (κ3) is 4.56. The lowest BCUT2D eigenvalue weighted by Crippen LogP contribution is -2.00. The molecule has 0 radical (unpaired) electrons. The van der Waals surface area contributed by atoms with Crippen LogP contribution < -0.4 is 9.47 Å². The van der Waals surface area contributed by atoms with Gasteiger partial charge in [-0.3, -0.25) is 0 Å². The van der Waals surface area contributed by atoms with Crippen molar-refractivity contribution in [2.45, 2.75) is 24.4 Å². The molecule has 0 spiro atoms. The zero-order chi connectivity index (χ0) is 21.8. The van der Waals surface area contributed by atoms with E-state index in [1.165, 1.54) is 0 Å². The number of ether oxygens (including phenoxy) is 2. The molecule has 9 heteroatoms. The van der Waals surface area contributed by atoms with Crippen molar-refractivity contribution in [2.75, 3.05) is 14.2 Å². The van der Waals surface area contributed by atoms with Crippen LogP contribution in [0.1, 0.15) is 12.6 Å². The van der Waals surface area contributed by atoms with E-state index in [1.807, 2.05) is 42.5 Å². The van der Waals surface area contributed by atoms with Crippen LogP contribution in [-0.4, -0.2) is 34.0 Å². The van der Waals surface area contributed by atoms with E-state index >= 15 is 0 Å². The monoisotopic (exact) mass is 472 g/mol. The minimum atomic E-state index is 0.681. The van der Waals surface area contributed by atoms with Gasteiger partial charge in [-0.15, -0.1) is 21.5 Å². The van der Waals surface area contributed by atoms with Gasteiger partial charge >= 0.3 is 0 Å². The number of thioether (sulfide) groups is 1. The summed E-state index contributed by atoms with van der Waals surface area (Å²) >= 11 is 9.34. The van der Waals surface area contributed by atoms with E-state index in [0.717, 1.165) is 39.4 Å². The molecule has 2 aromatic heterocycles. The molecule has 0 amide bonds. The second kappa shape index (κ2) is 9.72. The van der Waals surface area contributed by atoms with E-state index in [-0.39, 0.29) is 0 Å². The Bertz CT molecular complexity index is 1190. The summed E-state index contributed by atoms with van der Waals surface area (Å²) in [4.78, 5) is 4.80.